The highest BCUT2D eigenvalue weighted by Gasteiger charge is 2.13. The van der Waals surface area contributed by atoms with Gasteiger partial charge in [-0.1, -0.05) is 26.0 Å². The normalized spacial score (nSPS) is 12.8. The lowest BCUT2D eigenvalue weighted by Crippen LogP contribution is -2.34. The number of benzene rings is 1. The maximum Gasteiger partial charge on any atom is 0.224 e. The van der Waals surface area contributed by atoms with Crippen LogP contribution in [0.4, 0.5) is 0 Å². The number of amides is 1. The summed E-state index contributed by atoms with van der Waals surface area (Å²) in [4.78, 5) is 18.3. The number of aromatic nitrogens is 2. The van der Waals surface area contributed by atoms with Crippen molar-refractivity contribution < 1.29 is 4.79 Å². The molecule has 0 radical (unpaired) electrons. The number of para-hydroxylation sites is 2. The number of carbonyl (C=O) groups excluding carboxylic acids is 1. The summed E-state index contributed by atoms with van der Waals surface area (Å²) in [6.07, 6.45) is 3.12. The minimum absolute atomic E-state index is 0.146. The number of aryl methyl sites for hydroxylation is 1. The van der Waals surface area contributed by atoms with Crippen molar-refractivity contribution in [3.8, 4) is 0 Å². The number of hydrogen-bond acceptors (Lipinski definition) is 3. The summed E-state index contributed by atoms with van der Waals surface area (Å²) in [5.41, 5.74) is 8.06. The van der Waals surface area contributed by atoms with E-state index < -0.39 is 0 Å². The van der Waals surface area contributed by atoms with Crippen LogP contribution in [0.15, 0.2) is 30.6 Å². The van der Waals surface area contributed by atoms with E-state index in [-0.39, 0.29) is 11.9 Å². The van der Waals surface area contributed by atoms with Gasteiger partial charge in [0.1, 0.15) is 0 Å². The Balaban J connectivity index is 1.84. The first-order chi connectivity index (χ1) is 10.5. The molecule has 5 heteroatoms. The molecule has 0 saturated carbocycles. The van der Waals surface area contributed by atoms with Crippen molar-refractivity contribution in [1.82, 2.24) is 14.5 Å². The quantitative estimate of drug-likeness (QED) is 0.853. The van der Waals surface area contributed by atoms with Crippen molar-refractivity contribution in [2.75, 3.05) is 13.6 Å². The summed E-state index contributed by atoms with van der Waals surface area (Å²) in [5.74, 6) is 0.592. The molecule has 0 bridgehead atoms. The number of nitrogens with two attached hydrogens (primary N) is 1. The van der Waals surface area contributed by atoms with Gasteiger partial charge in [-0.15, -0.1) is 0 Å². The topological polar surface area (TPSA) is 64.2 Å². The van der Waals surface area contributed by atoms with E-state index in [0.717, 1.165) is 17.5 Å². The molecule has 0 aliphatic carbocycles. The zero-order valence-electron chi connectivity index (χ0n) is 13.7. The average Bonchev–Trinajstić information content (AvgIpc) is 2.92. The molecule has 5 nitrogen and oxygen atoms in total. The van der Waals surface area contributed by atoms with Crippen molar-refractivity contribution in [2.45, 2.75) is 39.3 Å². The fourth-order valence-corrected chi connectivity index (χ4v) is 2.40. The second-order valence-electron chi connectivity index (χ2n) is 6.19. The second kappa shape index (κ2) is 7.40. The molecule has 1 heterocycles. The van der Waals surface area contributed by atoms with Crippen LogP contribution in [0.2, 0.25) is 0 Å². The van der Waals surface area contributed by atoms with Gasteiger partial charge in [-0.05, 0) is 24.5 Å². The monoisotopic (exact) mass is 302 g/mol. The highest BCUT2D eigenvalue weighted by molar-refractivity contribution is 5.77. The van der Waals surface area contributed by atoms with E-state index in [2.05, 4.69) is 18.8 Å². The smallest absolute Gasteiger partial charge is 0.224 e. The number of carbonyl (C=O) groups is 1. The SMILES string of the molecule is CC(C)C(N)CCN(C)C(=O)CCn1cnc2ccccc21. The molecule has 0 fully saturated rings. The number of fused-ring (bicyclic) bond motifs is 1. The Labute approximate surface area is 132 Å². The highest BCUT2D eigenvalue weighted by Crippen LogP contribution is 2.12. The van der Waals surface area contributed by atoms with E-state index in [9.17, 15) is 4.79 Å². The molecule has 1 amide bonds. The Morgan fingerprint density at radius 3 is 2.82 bits per heavy atom. The van der Waals surface area contributed by atoms with Gasteiger partial charge in [0.25, 0.3) is 0 Å². The van der Waals surface area contributed by atoms with E-state index in [0.29, 0.717) is 25.4 Å². The average molecular weight is 302 g/mol. The van der Waals surface area contributed by atoms with E-state index in [1.54, 1.807) is 11.2 Å². The summed E-state index contributed by atoms with van der Waals surface area (Å²) >= 11 is 0. The van der Waals surface area contributed by atoms with Gasteiger partial charge in [-0.3, -0.25) is 4.79 Å². The van der Waals surface area contributed by atoms with Crippen LogP contribution in [0.1, 0.15) is 26.7 Å². The molecule has 120 valence electrons. The van der Waals surface area contributed by atoms with Crippen LogP contribution < -0.4 is 5.73 Å². The minimum atomic E-state index is 0.146. The highest BCUT2D eigenvalue weighted by atomic mass is 16.2. The Hall–Kier alpha value is -1.88. The largest absolute Gasteiger partial charge is 0.346 e. The summed E-state index contributed by atoms with van der Waals surface area (Å²) in [6.45, 7) is 5.58. The van der Waals surface area contributed by atoms with E-state index in [1.807, 2.05) is 35.9 Å². The van der Waals surface area contributed by atoms with Crippen LogP contribution in [0, 0.1) is 5.92 Å². The number of rotatable bonds is 7. The maximum absolute atomic E-state index is 12.2. The second-order valence-corrected chi connectivity index (χ2v) is 6.19. The molecule has 0 aliphatic heterocycles. The van der Waals surface area contributed by atoms with Crippen LogP contribution in [-0.4, -0.2) is 40.0 Å². The van der Waals surface area contributed by atoms with Gasteiger partial charge in [0, 0.05) is 32.6 Å². The molecule has 1 atom stereocenters. The van der Waals surface area contributed by atoms with Crippen molar-refractivity contribution >= 4 is 16.9 Å². The fourth-order valence-electron chi connectivity index (χ4n) is 2.40. The van der Waals surface area contributed by atoms with Crippen LogP contribution in [0.3, 0.4) is 0 Å². The maximum atomic E-state index is 12.2. The number of nitrogens with zero attached hydrogens (tertiary/aromatic N) is 3. The first kappa shape index (κ1) is 16.5. The lowest BCUT2D eigenvalue weighted by atomic mass is 10.0. The van der Waals surface area contributed by atoms with Gasteiger partial charge in [0.2, 0.25) is 5.91 Å². The van der Waals surface area contributed by atoms with Crippen LogP contribution in [-0.2, 0) is 11.3 Å². The summed E-state index contributed by atoms with van der Waals surface area (Å²) in [6, 6.07) is 8.11. The predicted molar refractivity (Wildman–Crippen MR) is 89.4 cm³/mol. The summed E-state index contributed by atoms with van der Waals surface area (Å²) in [5, 5.41) is 0. The molecule has 2 N–H and O–H groups in total. The molecule has 1 aromatic carbocycles. The molecule has 1 unspecified atom stereocenters. The molecule has 0 aliphatic rings. The number of hydrogen-bond donors (Lipinski definition) is 1. The van der Waals surface area contributed by atoms with Crippen molar-refractivity contribution in [2.24, 2.45) is 11.7 Å². The molecule has 2 rings (SSSR count). The molecular formula is C17H26N4O. The molecule has 22 heavy (non-hydrogen) atoms. The predicted octanol–water partition coefficient (Wildman–Crippen LogP) is 2.26. The van der Waals surface area contributed by atoms with E-state index in [1.165, 1.54) is 0 Å². The Morgan fingerprint density at radius 2 is 2.09 bits per heavy atom. The van der Waals surface area contributed by atoms with E-state index >= 15 is 0 Å². The van der Waals surface area contributed by atoms with Crippen molar-refractivity contribution in [3.05, 3.63) is 30.6 Å². The third-order valence-electron chi connectivity index (χ3n) is 4.17. The molecular weight excluding hydrogens is 276 g/mol. The lowest BCUT2D eigenvalue weighted by Gasteiger charge is -2.21. The summed E-state index contributed by atoms with van der Waals surface area (Å²) in [7, 11) is 1.85. The van der Waals surface area contributed by atoms with Gasteiger partial charge in [0.05, 0.1) is 17.4 Å². The van der Waals surface area contributed by atoms with Gasteiger partial charge in [-0.2, -0.15) is 0 Å². The number of imidazole rings is 1. The summed E-state index contributed by atoms with van der Waals surface area (Å²) < 4.78 is 2.03. The fraction of sp³-hybridized carbons (Fsp3) is 0.529. The van der Waals surface area contributed by atoms with Crippen molar-refractivity contribution in [3.63, 3.8) is 0 Å². The van der Waals surface area contributed by atoms with Crippen molar-refractivity contribution in [1.29, 1.82) is 0 Å². The van der Waals surface area contributed by atoms with Gasteiger partial charge >= 0.3 is 0 Å². The standard InChI is InChI=1S/C17H26N4O/c1-13(2)14(18)8-10-20(3)17(22)9-11-21-12-19-15-6-4-5-7-16(15)21/h4-7,12-14H,8-11,18H2,1-3H3. The molecule has 1 aromatic heterocycles. The van der Waals surface area contributed by atoms with Gasteiger partial charge in [-0.25, -0.2) is 4.98 Å². The third-order valence-corrected chi connectivity index (χ3v) is 4.17. The van der Waals surface area contributed by atoms with Gasteiger partial charge < -0.3 is 15.2 Å². The van der Waals surface area contributed by atoms with Crippen LogP contribution >= 0.6 is 0 Å². The van der Waals surface area contributed by atoms with Gasteiger partial charge in [0.15, 0.2) is 0 Å². The zero-order valence-corrected chi connectivity index (χ0v) is 13.7. The lowest BCUT2D eigenvalue weighted by molar-refractivity contribution is -0.130. The first-order valence-corrected chi connectivity index (χ1v) is 7.88. The first-order valence-electron chi connectivity index (χ1n) is 7.88. The Bertz CT molecular complexity index is 620. The van der Waals surface area contributed by atoms with E-state index in [4.69, 9.17) is 5.73 Å². The van der Waals surface area contributed by atoms with Crippen LogP contribution in [0.5, 0.6) is 0 Å². The Morgan fingerprint density at radius 1 is 1.36 bits per heavy atom. The zero-order chi connectivity index (χ0) is 16.1. The molecule has 0 saturated heterocycles. The molecule has 2 aromatic rings. The van der Waals surface area contributed by atoms with Crippen LogP contribution in [0.25, 0.3) is 11.0 Å². The third kappa shape index (κ3) is 4.07. The molecule has 0 spiro atoms. The Kier molecular flexibility index (Phi) is 5.55. The minimum Gasteiger partial charge on any atom is -0.346 e.